The van der Waals surface area contributed by atoms with Crippen molar-refractivity contribution in [1.29, 1.82) is 0 Å². The molecule has 0 aliphatic carbocycles. The molecule has 33 heavy (non-hydrogen) atoms. The third kappa shape index (κ3) is 6.72. The SMILES string of the molecule is O=c1[n-]c(=O)n(Cc2ccc(NCc3cccc(-c4ccc(OCCO)cc4)c3)cc2)o1.[Na+]. The minimum Gasteiger partial charge on any atom is -0.491 e. The minimum atomic E-state index is -0.888. The number of nitrogens with one attached hydrogen (secondary N) is 1. The molecule has 0 amide bonds. The summed E-state index contributed by atoms with van der Waals surface area (Å²) in [5.74, 6) is -0.160. The van der Waals surface area contributed by atoms with E-state index < -0.39 is 11.4 Å². The van der Waals surface area contributed by atoms with E-state index in [4.69, 9.17) is 14.4 Å². The van der Waals surface area contributed by atoms with Gasteiger partial charge < -0.3 is 24.7 Å². The van der Waals surface area contributed by atoms with Crippen LogP contribution >= 0.6 is 0 Å². The summed E-state index contributed by atoms with van der Waals surface area (Å²) in [6.07, 6.45) is 0. The van der Waals surface area contributed by atoms with Crippen molar-refractivity contribution >= 4 is 5.69 Å². The maximum atomic E-state index is 11.5. The van der Waals surface area contributed by atoms with Crippen LogP contribution in [-0.4, -0.2) is 23.1 Å². The first kappa shape index (κ1) is 24.6. The molecule has 0 spiro atoms. The number of benzene rings is 3. The molecule has 0 atom stereocenters. The van der Waals surface area contributed by atoms with Gasteiger partial charge in [0.05, 0.1) is 6.61 Å². The van der Waals surface area contributed by atoms with E-state index in [2.05, 4.69) is 28.5 Å². The van der Waals surface area contributed by atoms with E-state index in [0.29, 0.717) is 6.54 Å². The van der Waals surface area contributed by atoms with E-state index in [1.54, 1.807) is 0 Å². The van der Waals surface area contributed by atoms with Gasteiger partial charge in [-0.15, -0.1) is 0 Å². The fourth-order valence-corrected chi connectivity index (χ4v) is 3.25. The molecule has 1 heterocycles. The first-order valence-corrected chi connectivity index (χ1v) is 10.1. The summed E-state index contributed by atoms with van der Waals surface area (Å²) in [6, 6.07) is 23.6. The molecule has 4 rings (SSSR count). The van der Waals surface area contributed by atoms with Gasteiger partial charge in [0.1, 0.15) is 12.4 Å². The van der Waals surface area contributed by atoms with Crippen LogP contribution < -0.4 is 56.0 Å². The van der Waals surface area contributed by atoms with Crippen molar-refractivity contribution in [2.45, 2.75) is 13.1 Å². The largest absolute Gasteiger partial charge is 1.00 e. The zero-order valence-electron chi connectivity index (χ0n) is 18.2. The summed E-state index contributed by atoms with van der Waals surface area (Å²) >= 11 is 0. The predicted octanol–water partition coefficient (Wildman–Crippen LogP) is -0.539. The van der Waals surface area contributed by atoms with Crippen LogP contribution in [0.15, 0.2) is 86.9 Å². The van der Waals surface area contributed by atoms with Crippen LogP contribution in [0.1, 0.15) is 11.1 Å². The van der Waals surface area contributed by atoms with Crippen molar-refractivity contribution in [3.05, 3.63) is 105 Å². The summed E-state index contributed by atoms with van der Waals surface area (Å²) in [4.78, 5) is 25.7. The van der Waals surface area contributed by atoms with E-state index in [1.165, 1.54) is 0 Å². The maximum absolute atomic E-state index is 11.5. The van der Waals surface area contributed by atoms with E-state index in [9.17, 15) is 9.59 Å². The Bertz CT molecular complexity index is 1280. The Kier molecular flexibility index (Phi) is 8.73. The summed E-state index contributed by atoms with van der Waals surface area (Å²) in [5, 5.41) is 12.2. The second-order valence-corrected chi connectivity index (χ2v) is 7.14. The Morgan fingerprint density at radius 3 is 2.36 bits per heavy atom. The van der Waals surface area contributed by atoms with E-state index >= 15 is 0 Å². The summed E-state index contributed by atoms with van der Waals surface area (Å²) in [5.41, 5.74) is 4.37. The zero-order valence-corrected chi connectivity index (χ0v) is 20.2. The fraction of sp³-hybridized carbons (Fsp3) is 0.167. The van der Waals surface area contributed by atoms with Gasteiger partial charge >= 0.3 is 35.3 Å². The summed E-state index contributed by atoms with van der Waals surface area (Å²) in [7, 11) is 0. The maximum Gasteiger partial charge on any atom is 1.00 e. The van der Waals surface area contributed by atoms with E-state index in [1.807, 2.05) is 54.6 Å². The molecule has 0 aliphatic rings. The van der Waals surface area contributed by atoms with Gasteiger partial charge in [-0.3, -0.25) is 9.53 Å². The molecule has 0 bridgehead atoms. The van der Waals surface area contributed by atoms with Gasteiger partial charge in [-0.05, 0) is 52.6 Å². The topological polar surface area (TPSA) is 108 Å². The zero-order chi connectivity index (χ0) is 22.3. The third-order valence-electron chi connectivity index (χ3n) is 4.84. The molecule has 0 radical (unpaired) electrons. The molecule has 8 nitrogen and oxygen atoms in total. The number of aromatic nitrogens is 2. The van der Waals surface area contributed by atoms with Crippen molar-refractivity contribution < 1.29 is 43.9 Å². The third-order valence-corrected chi connectivity index (χ3v) is 4.84. The fourth-order valence-electron chi connectivity index (χ4n) is 3.25. The van der Waals surface area contributed by atoms with Crippen LogP contribution in [0.3, 0.4) is 0 Å². The van der Waals surface area contributed by atoms with Gasteiger partial charge in [0.2, 0.25) is 0 Å². The van der Waals surface area contributed by atoms with E-state index in [-0.39, 0.29) is 49.3 Å². The molecule has 2 N–H and O–H groups in total. The smallest absolute Gasteiger partial charge is 0.491 e. The van der Waals surface area contributed by atoms with Crippen LogP contribution in [0.2, 0.25) is 0 Å². The van der Waals surface area contributed by atoms with Crippen LogP contribution in [0.5, 0.6) is 5.75 Å². The van der Waals surface area contributed by atoms with Crippen molar-refractivity contribution in [3.63, 3.8) is 0 Å². The molecule has 4 aromatic rings. The molecular weight excluding hydrogens is 433 g/mol. The number of aliphatic hydroxyl groups excluding tert-OH is 1. The van der Waals surface area contributed by atoms with Crippen LogP contribution in [0, 0.1) is 0 Å². The Morgan fingerprint density at radius 2 is 1.70 bits per heavy atom. The van der Waals surface area contributed by atoms with Crippen LogP contribution in [0.25, 0.3) is 11.1 Å². The average molecular weight is 455 g/mol. The molecule has 1 aromatic heterocycles. The number of nitrogens with zero attached hydrogens (tertiary/aromatic N) is 2. The Morgan fingerprint density at radius 1 is 0.939 bits per heavy atom. The van der Waals surface area contributed by atoms with Gasteiger partial charge in [0, 0.05) is 18.8 Å². The van der Waals surface area contributed by atoms with Crippen LogP contribution in [0.4, 0.5) is 5.69 Å². The average Bonchev–Trinajstić information content (AvgIpc) is 3.14. The molecule has 9 heteroatoms. The number of ether oxygens (including phenoxy) is 1. The normalized spacial score (nSPS) is 10.5. The quantitative estimate of drug-likeness (QED) is 0.327. The van der Waals surface area contributed by atoms with Crippen molar-refractivity contribution in [1.82, 2.24) is 9.72 Å². The number of aliphatic hydroxyl groups is 1. The molecule has 0 fully saturated rings. The van der Waals surface area contributed by atoms with Crippen LogP contribution in [-0.2, 0) is 13.1 Å². The molecule has 0 aliphatic heterocycles. The van der Waals surface area contributed by atoms with Gasteiger partial charge in [-0.2, -0.15) is 0 Å². The van der Waals surface area contributed by atoms with Gasteiger partial charge in [-0.1, -0.05) is 42.5 Å². The molecule has 3 aromatic carbocycles. The Balaban J connectivity index is 0.00000306. The second kappa shape index (κ2) is 11.7. The molecule has 0 saturated heterocycles. The molecule has 164 valence electrons. The standard InChI is InChI=1S/C24H23N3O5.Na/c28-12-13-31-22-10-6-19(7-11-22)20-3-1-2-18(14-20)15-25-21-8-4-17(5-9-21)16-27-23(29)26-24(30)32-27;/h1-11,14,25,28H,12-13,15-16H2,(H,26,29,30);/q;+1/p-1. The van der Waals surface area contributed by atoms with Gasteiger partial charge in [-0.25, -0.2) is 4.79 Å². The number of hydrogen-bond acceptors (Lipinski definition) is 6. The number of hydrogen-bond donors (Lipinski definition) is 2. The Hall–Kier alpha value is -3.04. The summed E-state index contributed by atoms with van der Waals surface area (Å²) < 4.78 is 11.1. The monoisotopic (exact) mass is 455 g/mol. The predicted molar refractivity (Wildman–Crippen MR) is 120 cm³/mol. The summed E-state index contributed by atoms with van der Waals surface area (Å²) in [6.45, 7) is 1.07. The number of rotatable bonds is 9. The van der Waals surface area contributed by atoms with Gasteiger partial charge in [0.15, 0.2) is 5.69 Å². The second-order valence-electron chi connectivity index (χ2n) is 7.14. The molecular formula is C24H22N3NaO5. The van der Waals surface area contributed by atoms with E-state index in [0.717, 1.165) is 38.4 Å². The minimum absolute atomic E-state index is 0. The first-order chi connectivity index (χ1) is 15.6. The Labute approximate surface area is 212 Å². The van der Waals surface area contributed by atoms with Crippen molar-refractivity contribution in [3.8, 4) is 16.9 Å². The molecule has 0 saturated carbocycles. The van der Waals surface area contributed by atoms with Crippen molar-refractivity contribution in [2.24, 2.45) is 0 Å². The first-order valence-electron chi connectivity index (χ1n) is 10.1. The molecule has 0 unspecified atom stereocenters. The van der Waals surface area contributed by atoms with Crippen molar-refractivity contribution in [2.75, 3.05) is 18.5 Å². The van der Waals surface area contributed by atoms with Gasteiger partial charge in [0.25, 0.3) is 0 Å². The number of anilines is 1.